The van der Waals surface area contributed by atoms with Gasteiger partial charge in [-0.05, 0) is 36.8 Å². The van der Waals surface area contributed by atoms with Crippen LogP contribution in [0.3, 0.4) is 0 Å². The highest BCUT2D eigenvalue weighted by atomic mass is 32.2. The van der Waals surface area contributed by atoms with Gasteiger partial charge < -0.3 is 25.2 Å². The molecule has 2 atom stereocenters. The Kier molecular flexibility index (Phi) is 8.58. The molecule has 2 aliphatic heterocycles. The summed E-state index contributed by atoms with van der Waals surface area (Å²) in [5.74, 6) is 0.567. The summed E-state index contributed by atoms with van der Waals surface area (Å²) in [5.41, 5.74) is 0.841. The third-order valence-electron chi connectivity index (χ3n) is 8.09. The average Bonchev–Trinajstić information content (AvgIpc) is 3.41. The quantitative estimate of drug-likeness (QED) is 0.235. The number of sulfonamides is 1. The highest BCUT2D eigenvalue weighted by molar-refractivity contribution is 7.88. The fraction of sp³-hybridized carbons (Fsp3) is 0.481. The summed E-state index contributed by atoms with van der Waals surface area (Å²) in [7, 11) is 15.0. The molecular weight excluding hydrogens is 611 g/mol. The number of likely N-dealkylation sites (tertiary alicyclic amines) is 1. The Balaban J connectivity index is 1.21. The summed E-state index contributed by atoms with van der Waals surface area (Å²) < 4.78 is 36.8. The van der Waals surface area contributed by atoms with Crippen molar-refractivity contribution in [2.24, 2.45) is 17.8 Å². The summed E-state index contributed by atoms with van der Waals surface area (Å²) >= 11 is 0. The van der Waals surface area contributed by atoms with E-state index in [0.29, 0.717) is 42.5 Å². The first kappa shape index (κ1) is 32.0. The Labute approximate surface area is 269 Å². The molecule has 2 saturated heterocycles. The summed E-state index contributed by atoms with van der Waals surface area (Å²) in [6.07, 6.45) is 2.83. The van der Waals surface area contributed by atoms with E-state index in [1.807, 2.05) is 0 Å². The number of hydrogen-bond acceptors (Lipinski definition) is 12. The van der Waals surface area contributed by atoms with Gasteiger partial charge in [-0.1, -0.05) is 16.5 Å². The number of hydrogen-bond donors (Lipinski definition) is 3. The van der Waals surface area contributed by atoms with Crippen LogP contribution in [-0.4, -0.2) is 118 Å². The zero-order valence-corrected chi connectivity index (χ0v) is 26.1. The minimum Gasteiger partial charge on any atom is -0.494 e. The zero-order valence-electron chi connectivity index (χ0n) is 25.3. The number of fused-ring (bicyclic) bond motifs is 1. The molecule has 6 radical (unpaired) electrons. The molecule has 1 aromatic carbocycles. The fourth-order valence-electron chi connectivity index (χ4n) is 5.79. The monoisotopic (exact) mass is 641 g/mol. The van der Waals surface area contributed by atoms with Crippen molar-refractivity contribution in [2.45, 2.75) is 24.6 Å². The molecular formula is C27H30B3N9O6S. The molecule has 46 heavy (non-hydrogen) atoms. The third-order valence-corrected chi connectivity index (χ3v) is 9.32. The van der Waals surface area contributed by atoms with Crippen molar-refractivity contribution in [3.05, 3.63) is 35.8 Å². The minimum atomic E-state index is -3.20. The maximum atomic E-state index is 13.0. The SMILES string of the molecule is [B]C([B])([B])NC(=O)c1nnc(NC(=O)C2CC2)cc1Nc1cccc(-c2nc(CN3CC4CN(S(C)(=O)=O)CC4C3)no2)c1OC. The fourth-order valence-corrected chi connectivity index (χ4v) is 6.71. The molecule has 0 bridgehead atoms. The number of benzene rings is 1. The molecule has 3 aromatic rings. The van der Waals surface area contributed by atoms with Crippen molar-refractivity contribution >= 4 is 62.6 Å². The molecule has 1 aliphatic carbocycles. The van der Waals surface area contributed by atoms with Crippen LogP contribution in [0.5, 0.6) is 5.75 Å². The van der Waals surface area contributed by atoms with Gasteiger partial charge >= 0.3 is 0 Å². The Morgan fingerprint density at radius 1 is 1.09 bits per heavy atom. The molecule has 0 spiro atoms. The van der Waals surface area contributed by atoms with Gasteiger partial charge in [0.2, 0.25) is 15.9 Å². The molecule has 2 unspecified atom stereocenters. The summed E-state index contributed by atoms with van der Waals surface area (Å²) in [6.45, 7) is 2.95. The van der Waals surface area contributed by atoms with Gasteiger partial charge in [0.05, 0.1) is 60.4 Å². The Morgan fingerprint density at radius 2 is 1.80 bits per heavy atom. The van der Waals surface area contributed by atoms with Gasteiger partial charge in [-0.3, -0.25) is 14.5 Å². The van der Waals surface area contributed by atoms with Crippen molar-refractivity contribution in [3.63, 3.8) is 0 Å². The molecule has 15 nitrogen and oxygen atoms in total. The number of nitrogens with one attached hydrogen (secondary N) is 3. The van der Waals surface area contributed by atoms with Crippen molar-refractivity contribution in [1.29, 1.82) is 0 Å². The van der Waals surface area contributed by atoms with Crippen LogP contribution >= 0.6 is 0 Å². The number of anilines is 3. The predicted molar refractivity (Wildman–Crippen MR) is 169 cm³/mol. The first-order valence-corrected chi connectivity index (χ1v) is 16.4. The van der Waals surface area contributed by atoms with Gasteiger partial charge in [0.15, 0.2) is 23.1 Å². The molecule has 3 fully saturated rings. The Hall–Kier alpha value is -3.96. The molecule has 234 valence electrons. The number of para-hydroxylation sites is 1. The number of ether oxygens (including phenoxy) is 1. The predicted octanol–water partition coefficient (Wildman–Crippen LogP) is -0.203. The van der Waals surface area contributed by atoms with Crippen LogP contribution in [0, 0.1) is 17.8 Å². The van der Waals surface area contributed by atoms with Gasteiger partial charge in [-0.2, -0.15) is 4.98 Å². The maximum absolute atomic E-state index is 13.0. The normalized spacial score (nSPS) is 20.3. The molecule has 1 saturated carbocycles. The van der Waals surface area contributed by atoms with Crippen molar-refractivity contribution in [1.82, 2.24) is 34.9 Å². The van der Waals surface area contributed by atoms with Crippen molar-refractivity contribution < 1.29 is 27.3 Å². The summed E-state index contributed by atoms with van der Waals surface area (Å²) in [4.78, 5) is 32.1. The Morgan fingerprint density at radius 3 is 2.43 bits per heavy atom. The second-order valence-electron chi connectivity index (χ2n) is 12.0. The second-order valence-corrected chi connectivity index (χ2v) is 13.9. The first-order chi connectivity index (χ1) is 21.8. The second kappa shape index (κ2) is 12.3. The first-order valence-electron chi connectivity index (χ1n) is 14.6. The number of carbonyl (C=O) groups is 2. The number of aromatic nitrogens is 4. The van der Waals surface area contributed by atoms with Crippen LogP contribution in [0.15, 0.2) is 28.8 Å². The van der Waals surface area contributed by atoms with Gasteiger partial charge in [0.25, 0.3) is 11.8 Å². The molecule has 4 heterocycles. The number of nitrogens with zero attached hydrogens (tertiary/aromatic N) is 6. The van der Waals surface area contributed by atoms with E-state index in [1.165, 1.54) is 19.4 Å². The van der Waals surface area contributed by atoms with E-state index < -0.39 is 21.2 Å². The van der Waals surface area contributed by atoms with Crippen LogP contribution < -0.4 is 20.7 Å². The highest BCUT2D eigenvalue weighted by Gasteiger charge is 2.43. The van der Waals surface area contributed by atoms with E-state index in [1.54, 1.807) is 22.5 Å². The van der Waals surface area contributed by atoms with Crippen LogP contribution in [0.2, 0.25) is 0 Å². The number of amides is 2. The van der Waals surface area contributed by atoms with E-state index in [2.05, 4.69) is 41.2 Å². The van der Waals surface area contributed by atoms with E-state index in [9.17, 15) is 18.0 Å². The van der Waals surface area contributed by atoms with Crippen LogP contribution in [0.25, 0.3) is 11.5 Å². The summed E-state index contributed by atoms with van der Waals surface area (Å²) in [6, 6.07) is 6.62. The number of methoxy groups -OCH3 is 1. The lowest BCUT2D eigenvalue weighted by Gasteiger charge is -2.23. The zero-order chi connectivity index (χ0) is 32.8. The smallest absolute Gasteiger partial charge is 0.272 e. The Bertz CT molecular complexity index is 1750. The van der Waals surface area contributed by atoms with Gasteiger partial charge in [0.1, 0.15) is 0 Å². The van der Waals surface area contributed by atoms with E-state index in [4.69, 9.17) is 32.8 Å². The standard InChI is InChI=1S/C27H30B3N9O6S/c1-44-23-17(26-33-21(37-45-26)13-38-9-15-11-39(46(2,42)43)12-16(15)10-38)4-3-5-18(23)31-19-8-20(32-24(40)14-6-7-14)35-36-22(19)25(41)34-27(28,29)30/h3-5,8,14-16H,6-7,9-13H2,1-2H3,(H,34,41)(H2,31,32,35,40). The molecule has 3 N–H and O–H groups in total. The molecule has 2 amide bonds. The average molecular weight is 641 g/mol. The number of rotatable bonds is 11. The lowest BCUT2D eigenvalue weighted by atomic mass is 9.49. The van der Waals surface area contributed by atoms with E-state index in [0.717, 1.165) is 25.9 Å². The molecule has 19 heteroatoms. The van der Waals surface area contributed by atoms with Crippen molar-refractivity contribution in [3.8, 4) is 17.2 Å². The third kappa shape index (κ3) is 7.21. The van der Waals surface area contributed by atoms with Crippen molar-refractivity contribution in [2.75, 3.05) is 50.2 Å². The summed E-state index contributed by atoms with van der Waals surface area (Å²) in [5, 5.41) is 18.2. The van der Waals surface area contributed by atoms with Crippen LogP contribution in [-0.2, 0) is 21.4 Å². The minimum absolute atomic E-state index is 0.0834. The largest absolute Gasteiger partial charge is 0.494 e. The van der Waals surface area contributed by atoms with Gasteiger partial charge in [0, 0.05) is 38.2 Å². The van der Waals surface area contributed by atoms with Gasteiger partial charge in [-0.25, -0.2) is 12.7 Å². The van der Waals surface area contributed by atoms with E-state index in [-0.39, 0.29) is 46.8 Å². The highest BCUT2D eigenvalue weighted by Crippen LogP contribution is 2.39. The maximum Gasteiger partial charge on any atom is 0.272 e. The van der Waals surface area contributed by atoms with Gasteiger partial charge in [-0.15, -0.1) is 10.2 Å². The van der Waals surface area contributed by atoms with Crippen LogP contribution in [0.1, 0.15) is 29.2 Å². The van der Waals surface area contributed by atoms with E-state index >= 15 is 0 Å². The van der Waals surface area contributed by atoms with Crippen LogP contribution in [0.4, 0.5) is 17.2 Å². The molecule has 2 aromatic heterocycles. The molecule has 3 aliphatic rings. The topological polar surface area (TPSA) is 185 Å². The number of carbonyl (C=O) groups excluding carboxylic acids is 2. The molecule has 6 rings (SSSR count). The lowest BCUT2D eigenvalue weighted by Crippen LogP contribution is -2.50. The lowest BCUT2D eigenvalue weighted by molar-refractivity contribution is -0.117.